The number of tetrazole rings is 1. The minimum atomic E-state index is -0.134. The summed E-state index contributed by atoms with van der Waals surface area (Å²) in [5.74, 6) is 1.33. The lowest BCUT2D eigenvalue weighted by atomic mass is 9.92. The maximum Gasteiger partial charge on any atom is 0.250 e. The maximum atomic E-state index is 13.0. The van der Waals surface area contributed by atoms with E-state index in [0.717, 1.165) is 43.2 Å². The second-order valence-corrected chi connectivity index (χ2v) is 9.95. The Bertz CT molecular complexity index is 1300. The van der Waals surface area contributed by atoms with E-state index in [1.165, 1.54) is 0 Å². The average Bonchev–Trinajstić information content (AvgIpc) is 3.53. The van der Waals surface area contributed by atoms with Gasteiger partial charge in [-0.25, -0.2) is 4.68 Å². The van der Waals surface area contributed by atoms with Crippen molar-refractivity contribution in [3.05, 3.63) is 72.4 Å². The molecule has 1 N–H and O–H groups in total. The molecule has 186 valence electrons. The number of hydrogen-bond donors (Lipinski definition) is 1. The van der Waals surface area contributed by atoms with Gasteiger partial charge in [-0.3, -0.25) is 9.69 Å². The summed E-state index contributed by atoms with van der Waals surface area (Å²) in [5.41, 5.74) is 2.62. The molecule has 1 fully saturated rings. The molecule has 0 unspecified atom stereocenters. The highest BCUT2D eigenvalue weighted by atomic mass is 16.2. The van der Waals surface area contributed by atoms with Crippen molar-refractivity contribution in [1.82, 2.24) is 34.9 Å². The third-order valence-electron chi connectivity index (χ3n) is 6.22. The van der Waals surface area contributed by atoms with Crippen LogP contribution in [0.1, 0.15) is 26.5 Å². The van der Waals surface area contributed by atoms with E-state index in [1.54, 1.807) is 9.36 Å². The van der Waals surface area contributed by atoms with Gasteiger partial charge in [0, 0.05) is 37.7 Å². The summed E-state index contributed by atoms with van der Waals surface area (Å²) in [6.07, 6.45) is 0. The van der Waals surface area contributed by atoms with Crippen LogP contribution in [-0.2, 0) is 10.2 Å². The number of anilines is 2. The number of benzene rings is 2. The predicted molar refractivity (Wildman–Crippen MR) is 139 cm³/mol. The molecule has 10 heteroatoms. The lowest BCUT2D eigenvalue weighted by Gasteiger charge is -2.34. The van der Waals surface area contributed by atoms with Gasteiger partial charge >= 0.3 is 0 Å². The van der Waals surface area contributed by atoms with Gasteiger partial charge in [0.15, 0.2) is 0 Å². The zero-order chi connectivity index (χ0) is 25.1. The van der Waals surface area contributed by atoms with Crippen LogP contribution < -0.4 is 10.2 Å². The van der Waals surface area contributed by atoms with Crippen LogP contribution in [0.15, 0.2) is 66.7 Å². The summed E-state index contributed by atoms with van der Waals surface area (Å²) in [4.78, 5) is 17.3. The molecule has 1 amide bonds. The van der Waals surface area contributed by atoms with Crippen LogP contribution in [0.25, 0.3) is 11.4 Å². The number of piperazine rings is 1. The van der Waals surface area contributed by atoms with E-state index in [2.05, 4.69) is 51.4 Å². The number of nitrogens with one attached hydrogen (secondary N) is 1. The lowest BCUT2D eigenvalue weighted by Crippen LogP contribution is -2.49. The Kier molecular flexibility index (Phi) is 6.51. The second kappa shape index (κ2) is 9.90. The molecule has 36 heavy (non-hydrogen) atoms. The normalized spacial score (nSPS) is 14.7. The fourth-order valence-electron chi connectivity index (χ4n) is 4.21. The van der Waals surface area contributed by atoms with Crippen LogP contribution >= 0.6 is 0 Å². The van der Waals surface area contributed by atoms with Gasteiger partial charge < -0.3 is 10.2 Å². The average molecular weight is 486 g/mol. The number of amides is 1. The molecule has 0 aliphatic carbocycles. The number of rotatable bonds is 6. The van der Waals surface area contributed by atoms with E-state index in [0.29, 0.717) is 18.3 Å². The first kappa shape index (κ1) is 23.7. The van der Waals surface area contributed by atoms with Crippen LogP contribution in [0.3, 0.4) is 0 Å². The molecule has 5 rings (SSSR count). The Morgan fingerprint density at radius 1 is 0.889 bits per heavy atom. The number of para-hydroxylation sites is 2. The Morgan fingerprint density at radius 2 is 1.50 bits per heavy atom. The fraction of sp³-hybridized carbons (Fsp3) is 0.346. The van der Waals surface area contributed by atoms with E-state index < -0.39 is 0 Å². The second-order valence-electron chi connectivity index (χ2n) is 9.95. The quantitative estimate of drug-likeness (QED) is 0.449. The van der Waals surface area contributed by atoms with Crippen molar-refractivity contribution in [2.75, 3.05) is 42.9 Å². The first-order valence-corrected chi connectivity index (χ1v) is 12.2. The highest BCUT2D eigenvalue weighted by molar-refractivity contribution is 5.91. The van der Waals surface area contributed by atoms with Crippen LogP contribution in [-0.4, -0.2) is 73.5 Å². The van der Waals surface area contributed by atoms with Crippen molar-refractivity contribution in [3.63, 3.8) is 0 Å². The summed E-state index contributed by atoms with van der Waals surface area (Å²) in [5, 5.41) is 20.1. The molecular weight excluding hydrogens is 454 g/mol. The minimum absolute atomic E-state index is 0.0601. The van der Waals surface area contributed by atoms with Gasteiger partial charge in [-0.1, -0.05) is 62.3 Å². The molecule has 0 saturated carbocycles. The van der Waals surface area contributed by atoms with Gasteiger partial charge in [0.25, 0.3) is 0 Å². The minimum Gasteiger partial charge on any atom is -0.337 e. The van der Waals surface area contributed by atoms with E-state index in [-0.39, 0.29) is 11.3 Å². The van der Waals surface area contributed by atoms with Crippen molar-refractivity contribution in [3.8, 4) is 11.4 Å². The SMILES string of the molecule is CC(C)(C)c1cc(NC(=O)CN2CCN(c3nnnn3-c3ccccc3)CC2)n(-c2ccccc2)n1. The van der Waals surface area contributed by atoms with Gasteiger partial charge in [0.05, 0.1) is 23.6 Å². The van der Waals surface area contributed by atoms with Gasteiger partial charge in [-0.15, -0.1) is 0 Å². The summed E-state index contributed by atoms with van der Waals surface area (Å²) < 4.78 is 3.56. The highest BCUT2D eigenvalue weighted by Gasteiger charge is 2.25. The molecule has 1 aliphatic heterocycles. The summed E-state index contributed by atoms with van der Waals surface area (Å²) in [7, 11) is 0. The number of hydrogen-bond acceptors (Lipinski definition) is 7. The van der Waals surface area contributed by atoms with E-state index in [4.69, 9.17) is 5.10 Å². The Balaban J connectivity index is 1.23. The van der Waals surface area contributed by atoms with Crippen molar-refractivity contribution in [2.45, 2.75) is 26.2 Å². The Hall–Kier alpha value is -4.05. The molecule has 0 atom stereocenters. The fourth-order valence-corrected chi connectivity index (χ4v) is 4.21. The zero-order valence-electron chi connectivity index (χ0n) is 20.9. The Labute approximate surface area is 210 Å². The third kappa shape index (κ3) is 5.13. The predicted octanol–water partition coefficient (Wildman–Crippen LogP) is 2.91. The molecule has 3 heterocycles. The topological polar surface area (TPSA) is 97.0 Å². The number of carbonyl (C=O) groups is 1. The molecule has 2 aromatic heterocycles. The maximum absolute atomic E-state index is 13.0. The van der Waals surface area contributed by atoms with Crippen molar-refractivity contribution < 1.29 is 4.79 Å². The summed E-state index contributed by atoms with van der Waals surface area (Å²) in [6, 6.07) is 21.7. The number of nitrogens with zero attached hydrogens (tertiary/aromatic N) is 8. The van der Waals surface area contributed by atoms with E-state index in [1.807, 2.05) is 66.7 Å². The van der Waals surface area contributed by atoms with E-state index in [9.17, 15) is 4.79 Å². The van der Waals surface area contributed by atoms with Gasteiger partial charge in [0.1, 0.15) is 5.82 Å². The third-order valence-corrected chi connectivity index (χ3v) is 6.22. The van der Waals surface area contributed by atoms with Gasteiger partial charge in [-0.2, -0.15) is 9.78 Å². The molecule has 1 saturated heterocycles. The van der Waals surface area contributed by atoms with Crippen molar-refractivity contribution >= 4 is 17.7 Å². The van der Waals surface area contributed by atoms with Crippen LogP contribution in [0, 0.1) is 0 Å². The van der Waals surface area contributed by atoms with Crippen molar-refractivity contribution in [1.29, 1.82) is 0 Å². The molecule has 0 spiro atoms. The first-order chi connectivity index (χ1) is 17.4. The number of carbonyl (C=O) groups excluding carboxylic acids is 1. The lowest BCUT2D eigenvalue weighted by molar-refractivity contribution is -0.117. The highest BCUT2D eigenvalue weighted by Crippen LogP contribution is 2.26. The summed E-state index contributed by atoms with van der Waals surface area (Å²) >= 11 is 0. The molecule has 10 nitrogen and oxygen atoms in total. The Morgan fingerprint density at radius 3 is 2.11 bits per heavy atom. The standard InChI is InChI=1S/C26H31N9O/c1-26(2,3)22-18-23(34(29-22)20-10-6-4-7-11-20)27-24(36)19-32-14-16-33(17-15-32)25-28-30-31-35(25)21-12-8-5-9-13-21/h4-13,18H,14-17,19H2,1-3H3,(H,27,36). The van der Waals surface area contributed by atoms with Crippen molar-refractivity contribution in [2.24, 2.45) is 0 Å². The van der Waals surface area contributed by atoms with Crippen LogP contribution in [0.2, 0.25) is 0 Å². The van der Waals surface area contributed by atoms with Crippen LogP contribution in [0.5, 0.6) is 0 Å². The smallest absolute Gasteiger partial charge is 0.250 e. The van der Waals surface area contributed by atoms with Crippen LogP contribution in [0.4, 0.5) is 11.8 Å². The molecule has 1 aliphatic rings. The molecule has 0 radical (unpaired) electrons. The first-order valence-electron chi connectivity index (χ1n) is 12.2. The summed E-state index contributed by atoms with van der Waals surface area (Å²) in [6.45, 7) is 9.59. The zero-order valence-corrected chi connectivity index (χ0v) is 20.9. The molecule has 4 aromatic rings. The molecule has 2 aromatic carbocycles. The van der Waals surface area contributed by atoms with Gasteiger partial charge in [0.2, 0.25) is 11.9 Å². The van der Waals surface area contributed by atoms with E-state index >= 15 is 0 Å². The molecular formula is C26H31N9O. The molecule has 0 bridgehead atoms. The largest absolute Gasteiger partial charge is 0.337 e. The number of aromatic nitrogens is 6. The monoisotopic (exact) mass is 485 g/mol. The van der Waals surface area contributed by atoms with Gasteiger partial charge in [-0.05, 0) is 34.7 Å².